The number of anilines is 1. The molecule has 1 aliphatic rings. The zero-order valence-electron chi connectivity index (χ0n) is 14.2. The van der Waals surface area contributed by atoms with Gasteiger partial charge in [-0.25, -0.2) is 0 Å². The number of fused-ring (bicyclic) bond motifs is 1. The number of hydrogen-bond acceptors (Lipinski definition) is 3. The van der Waals surface area contributed by atoms with Crippen molar-refractivity contribution >= 4 is 17.5 Å². The van der Waals surface area contributed by atoms with E-state index in [1.54, 1.807) is 7.05 Å². The third kappa shape index (κ3) is 3.79. The highest BCUT2D eigenvalue weighted by atomic mass is 16.2. The molecule has 6 nitrogen and oxygen atoms in total. The number of para-hydroxylation sites is 1. The van der Waals surface area contributed by atoms with Crippen LogP contribution in [0.15, 0.2) is 47.4 Å². The first-order valence-electron chi connectivity index (χ1n) is 8.39. The highest BCUT2D eigenvalue weighted by Crippen LogP contribution is 2.27. The number of nitrogens with one attached hydrogen (secondary N) is 1. The topological polar surface area (TPSA) is 71.4 Å². The van der Waals surface area contributed by atoms with Gasteiger partial charge in [-0.15, -0.1) is 0 Å². The summed E-state index contributed by atoms with van der Waals surface area (Å²) in [6.07, 6.45) is 3.37. The minimum atomic E-state index is -0.241. The lowest BCUT2D eigenvalue weighted by atomic mass is 10.2. The number of aromatic nitrogens is 1. The molecule has 0 saturated carbocycles. The summed E-state index contributed by atoms with van der Waals surface area (Å²) in [5.74, 6) is -0.157. The van der Waals surface area contributed by atoms with Gasteiger partial charge in [-0.1, -0.05) is 18.2 Å². The first-order valence-corrected chi connectivity index (χ1v) is 8.39. The quantitative estimate of drug-likeness (QED) is 0.839. The summed E-state index contributed by atoms with van der Waals surface area (Å²) in [5.41, 5.74) is 2.48. The van der Waals surface area contributed by atoms with Crippen molar-refractivity contribution in [3.05, 3.63) is 64.1 Å². The normalized spacial score (nSPS) is 12.8. The number of carbonyl (C=O) groups is 2. The molecular formula is C19H21N3O3. The van der Waals surface area contributed by atoms with Crippen LogP contribution in [0, 0.1) is 0 Å². The lowest BCUT2D eigenvalue weighted by Crippen LogP contribution is -2.31. The first kappa shape index (κ1) is 17.0. The van der Waals surface area contributed by atoms with Crippen LogP contribution in [0.25, 0.3) is 0 Å². The van der Waals surface area contributed by atoms with Gasteiger partial charge in [0, 0.05) is 44.5 Å². The van der Waals surface area contributed by atoms with Gasteiger partial charge in [0.1, 0.15) is 0 Å². The maximum absolute atomic E-state index is 12.4. The maximum Gasteiger partial charge on any atom is 0.252 e. The Morgan fingerprint density at radius 1 is 1.16 bits per heavy atom. The molecule has 0 radical (unpaired) electrons. The standard InChI is InChI=1S/C19H21N3O3/c1-21-13-15(8-9-17(21)23)19(25)20-11-4-7-18(24)22-12-10-14-5-2-3-6-16(14)22/h2-3,5-6,8-9,13H,4,7,10-12H2,1H3,(H,20,25). The van der Waals surface area contributed by atoms with Crippen LogP contribution in [-0.2, 0) is 18.3 Å². The minimum Gasteiger partial charge on any atom is -0.352 e. The van der Waals surface area contributed by atoms with Crippen molar-refractivity contribution in [2.75, 3.05) is 18.0 Å². The summed E-state index contributed by atoms with van der Waals surface area (Å²) in [6, 6.07) is 10.8. The molecule has 0 bridgehead atoms. The lowest BCUT2D eigenvalue weighted by molar-refractivity contribution is -0.118. The summed E-state index contributed by atoms with van der Waals surface area (Å²) in [7, 11) is 1.60. The van der Waals surface area contributed by atoms with Gasteiger partial charge in [-0.05, 0) is 30.5 Å². The highest BCUT2D eigenvalue weighted by molar-refractivity contribution is 5.95. The second kappa shape index (κ2) is 7.34. The van der Waals surface area contributed by atoms with Crippen molar-refractivity contribution < 1.29 is 9.59 Å². The number of aryl methyl sites for hydroxylation is 1. The summed E-state index contributed by atoms with van der Waals surface area (Å²) in [6.45, 7) is 1.14. The van der Waals surface area contributed by atoms with E-state index >= 15 is 0 Å². The van der Waals surface area contributed by atoms with Gasteiger partial charge in [0.25, 0.3) is 5.91 Å². The van der Waals surface area contributed by atoms with Gasteiger partial charge < -0.3 is 14.8 Å². The van der Waals surface area contributed by atoms with Gasteiger partial charge in [0.2, 0.25) is 11.5 Å². The van der Waals surface area contributed by atoms with Gasteiger partial charge in [0.15, 0.2) is 0 Å². The van der Waals surface area contributed by atoms with E-state index in [0.717, 1.165) is 18.7 Å². The van der Waals surface area contributed by atoms with Crippen LogP contribution in [0.1, 0.15) is 28.8 Å². The second-order valence-corrected chi connectivity index (χ2v) is 6.15. The van der Waals surface area contributed by atoms with Crippen LogP contribution < -0.4 is 15.8 Å². The van der Waals surface area contributed by atoms with E-state index in [2.05, 4.69) is 11.4 Å². The van der Waals surface area contributed by atoms with Crippen molar-refractivity contribution in [3.63, 3.8) is 0 Å². The molecule has 0 atom stereocenters. The van der Waals surface area contributed by atoms with Crippen LogP contribution in [-0.4, -0.2) is 29.5 Å². The Morgan fingerprint density at radius 3 is 2.76 bits per heavy atom. The Hall–Kier alpha value is -2.89. The Balaban J connectivity index is 1.47. The van der Waals surface area contributed by atoms with Gasteiger partial charge in [-0.3, -0.25) is 14.4 Å². The molecule has 1 aliphatic heterocycles. The molecule has 2 amide bonds. The van der Waals surface area contributed by atoms with E-state index in [4.69, 9.17) is 0 Å². The van der Waals surface area contributed by atoms with Gasteiger partial charge in [-0.2, -0.15) is 0 Å². The fraction of sp³-hybridized carbons (Fsp3) is 0.316. The predicted octanol–water partition coefficient (Wildman–Crippen LogP) is 1.48. The molecule has 1 N–H and O–H groups in total. The molecule has 2 aromatic rings. The molecule has 0 aliphatic carbocycles. The second-order valence-electron chi connectivity index (χ2n) is 6.15. The lowest BCUT2D eigenvalue weighted by Gasteiger charge is -2.17. The Morgan fingerprint density at radius 2 is 1.96 bits per heavy atom. The van der Waals surface area contributed by atoms with Crippen molar-refractivity contribution in [2.45, 2.75) is 19.3 Å². The van der Waals surface area contributed by atoms with E-state index in [-0.39, 0.29) is 17.4 Å². The van der Waals surface area contributed by atoms with Crippen LogP contribution in [0.5, 0.6) is 0 Å². The third-order valence-corrected chi connectivity index (χ3v) is 4.39. The monoisotopic (exact) mass is 339 g/mol. The Labute approximate surface area is 146 Å². The summed E-state index contributed by atoms with van der Waals surface area (Å²) in [4.78, 5) is 37.6. The number of pyridine rings is 1. The zero-order chi connectivity index (χ0) is 17.8. The smallest absolute Gasteiger partial charge is 0.252 e. The van der Waals surface area contributed by atoms with Crippen LogP contribution in [0.3, 0.4) is 0 Å². The van der Waals surface area contributed by atoms with Crippen molar-refractivity contribution in [2.24, 2.45) is 7.05 Å². The molecule has 0 fully saturated rings. The highest BCUT2D eigenvalue weighted by Gasteiger charge is 2.23. The van der Waals surface area contributed by atoms with E-state index in [9.17, 15) is 14.4 Å². The van der Waals surface area contributed by atoms with E-state index in [1.165, 1.54) is 28.5 Å². The van der Waals surface area contributed by atoms with E-state index in [0.29, 0.717) is 24.9 Å². The average Bonchev–Trinajstić information content (AvgIpc) is 3.05. The average molecular weight is 339 g/mol. The summed E-state index contributed by atoms with van der Waals surface area (Å²) < 4.78 is 1.36. The SMILES string of the molecule is Cn1cc(C(=O)NCCCC(=O)N2CCc3ccccc32)ccc1=O. The summed E-state index contributed by atoms with van der Waals surface area (Å²) in [5, 5.41) is 2.79. The number of benzene rings is 1. The van der Waals surface area contributed by atoms with Crippen LogP contribution in [0.4, 0.5) is 5.69 Å². The fourth-order valence-corrected chi connectivity index (χ4v) is 3.00. The van der Waals surface area contributed by atoms with Crippen molar-refractivity contribution in [1.29, 1.82) is 0 Å². The molecule has 1 aromatic carbocycles. The largest absolute Gasteiger partial charge is 0.352 e. The van der Waals surface area contributed by atoms with E-state index in [1.807, 2.05) is 23.1 Å². The molecule has 2 heterocycles. The molecule has 25 heavy (non-hydrogen) atoms. The number of carbonyl (C=O) groups excluding carboxylic acids is 2. The molecule has 3 rings (SSSR count). The van der Waals surface area contributed by atoms with E-state index < -0.39 is 0 Å². The molecule has 0 unspecified atom stereocenters. The Kier molecular flexibility index (Phi) is 4.97. The number of amides is 2. The molecule has 6 heteroatoms. The third-order valence-electron chi connectivity index (χ3n) is 4.39. The Bertz CT molecular complexity index is 857. The molecule has 130 valence electrons. The van der Waals surface area contributed by atoms with Crippen molar-refractivity contribution in [1.82, 2.24) is 9.88 Å². The molecular weight excluding hydrogens is 318 g/mol. The number of hydrogen-bond donors (Lipinski definition) is 1. The fourth-order valence-electron chi connectivity index (χ4n) is 3.00. The van der Waals surface area contributed by atoms with Crippen LogP contribution >= 0.6 is 0 Å². The molecule has 1 aromatic heterocycles. The number of nitrogens with zero attached hydrogens (tertiary/aromatic N) is 2. The van der Waals surface area contributed by atoms with Crippen molar-refractivity contribution in [3.8, 4) is 0 Å². The minimum absolute atomic E-state index is 0.0845. The first-order chi connectivity index (χ1) is 12.1. The van der Waals surface area contributed by atoms with Gasteiger partial charge >= 0.3 is 0 Å². The summed E-state index contributed by atoms with van der Waals surface area (Å²) >= 11 is 0. The molecule has 0 saturated heterocycles. The predicted molar refractivity (Wildman–Crippen MR) is 95.7 cm³/mol. The maximum atomic E-state index is 12.4. The number of rotatable bonds is 5. The van der Waals surface area contributed by atoms with Crippen LogP contribution in [0.2, 0.25) is 0 Å². The molecule has 0 spiro atoms. The van der Waals surface area contributed by atoms with Gasteiger partial charge in [0.05, 0.1) is 5.56 Å². The zero-order valence-corrected chi connectivity index (χ0v) is 14.2.